The Hall–Kier alpha value is -3.16. The van der Waals surface area contributed by atoms with Crippen LogP contribution in [0.4, 0.5) is 0 Å². The van der Waals surface area contributed by atoms with Gasteiger partial charge in [0.1, 0.15) is 12.1 Å². The van der Waals surface area contributed by atoms with E-state index in [2.05, 4.69) is 56.7 Å². The van der Waals surface area contributed by atoms with E-state index in [4.69, 9.17) is 4.42 Å². The summed E-state index contributed by atoms with van der Waals surface area (Å²) >= 11 is 0. The molecule has 1 unspecified atom stereocenters. The van der Waals surface area contributed by atoms with Crippen molar-refractivity contribution in [1.29, 1.82) is 0 Å². The van der Waals surface area contributed by atoms with Gasteiger partial charge in [-0.1, -0.05) is 24.6 Å². The Labute approximate surface area is 170 Å². The molecule has 29 heavy (non-hydrogen) atoms. The Bertz CT molecular complexity index is 987. The zero-order chi connectivity index (χ0) is 20.2. The molecule has 0 bridgehead atoms. The second-order valence-corrected chi connectivity index (χ2v) is 7.30. The lowest BCUT2D eigenvalue weighted by Gasteiger charge is -2.25. The molecule has 1 aliphatic rings. The van der Waals surface area contributed by atoms with E-state index in [9.17, 15) is 0 Å². The van der Waals surface area contributed by atoms with Crippen molar-refractivity contribution in [2.45, 2.75) is 52.2 Å². The Morgan fingerprint density at radius 2 is 2.10 bits per heavy atom. The van der Waals surface area contributed by atoms with Gasteiger partial charge in [-0.15, -0.1) is 0 Å². The van der Waals surface area contributed by atoms with Crippen LogP contribution < -0.4 is 10.6 Å². The minimum absolute atomic E-state index is 0.264. The summed E-state index contributed by atoms with van der Waals surface area (Å²) in [4.78, 5) is 13.5. The van der Waals surface area contributed by atoms with E-state index in [0.717, 1.165) is 54.7 Å². The van der Waals surface area contributed by atoms with Gasteiger partial charge in [0.2, 0.25) is 5.89 Å². The molecule has 1 aromatic carbocycles. The van der Waals surface area contributed by atoms with Crippen LogP contribution in [0.15, 0.2) is 39.9 Å². The van der Waals surface area contributed by atoms with Crippen LogP contribution in [0.3, 0.4) is 0 Å². The van der Waals surface area contributed by atoms with Crippen molar-refractivity contribution >= 4 is 5.96 Å². The number of benzene rings is 1. The molecule has 152 valence electrons. The predicted molar refractivity (Wildman–Crippen MR) is 112 cm³/mol. The van der Waals surface area contributed by atoms with Crippen molar-refractivity contribution < 1.29 is 4.42 Å². The third-order valence-electron chi connectivity index (χ3n) is 5.07. The zero-order valence-corrected chi connectivity index (χ0v) is 17.1. The summed E-state index contributed by atoms with van der Waals surface area (Å²) in [5.41, 5.74) is 3.02. The number of hydrogen-bond donors (Lipinski definition) is 2. The Kier molecular flexibility index (Phi) is 5.59. The monoisotopic (exact) mass is 393 g/mol. The molecular weight excluding hydrogens is 366 g/mol. The summed E-state index contributed by atoms with van der Waals surface area (Å²) in [5.74, 6) is 3.37. The average Bonchev–Trinajstić information content (AvgIpc) is 3.38. The third kappa shape index (κ3) is 4.47. The van der Waals surface area contributed by atoms with Crippen LogP contribution in [-0.2, 0) is 25.9 Å². The first-order valence-electron chi connectivity index (χ1n) is 10.1. The predicted octanol–water partition coefficient (Wildman–Crippen LogP) is 2.48. The molecule has 0 amide bonds. The zero-order valence-electron chi connectivity index (χ0n) is 17.1. The highest BCUT2D eigenvalue weighted by Gasteiger charge is 2.22. The van der Waals surface area contributed by atoms with Gasteiger partial charge in [-0.2, -0.15) is 5.10 Å². The van der Waals surface area contributed by atoms with Crippen LogP contribution in [-0.4, -0.2) is 38.8 Å². The van der Waals surface area contributed by atoms with Gasteiger partial charge in [-0.25, -0.2) is 14.6 Å². The van der Waals surface area contributed by atoms with Gasteiger partial charge in [0.25, 0.3) is 0 Å². The first kappa shape index (κ1) is 19.2. The highest BCUT2D eigenvalue weighted by atomic mass is 16.3. The Morgan fingerprint density at radius 1 is 1.28 bits per heavy atom. The van der Waals surface area contributed by atoms with Crippen LogP contribution in [0.2, 0.25) is 0 Å². The number of fused-ring (bicyclic) bond motifs is 1. The maximum absolute atomic E-state index is 5.63. The lowest BCUT2D eigenvalue weighted by atomic mass is 10.1. The molecule has 4 rings (SSSR count). The fourth-order valence-corrected chi connectivity index (χ4v) is 3.41. The molecule has 2 N–H and O–H groups in total. The summed E-state index contributed by atoms with van der Waals surface area (Å²) in [5, 5.41) is 11.4. The van der Waals surface area contributed by atoms with Gasteiger partial charge in [0, 0.05) is 31.5 Å². The summed E-state index contributed by atoms with van der Waals surface area (Å²) < 4.78 is 7.64. The molecule has 0 aliphatic carbocycles. The fraction of sp³-hybridized carbons (Fsp3) is 0.429. The van der Waals surface area contributed by atoms with Gasteiger partial charge in [-0.05, 0) is 25.5 Å². The molecule has 0 radical (unpaired) electrons. The van der Waals surface area contributed by atoms with Crippen LogP contribution in [0, 0.1) is 6.92 Å². The van der Waals surface area contributed by atoms with E-state index in [0.29, 0.717) is 12.4 Å². The number of rotatable bonds is 5. The lowest BCUT2D eigenvalue weighted by Crippen LogP contribution is -2.46. The first-order valence-corrected chi connectivity index (χ1v) is 10.1. The van der Waals surface area contributed by atoms with E-state index in [-0.39, 0.29) is 6.04 Å². The Balaban J connectivity index is 1.33. The van der Waals surface area contributed by atoms with E-state index in [1.807, 2.05) is 16.8 Å². The highest BCUT2D eigenvalue weighted by Crippen LogP contribution is 2.19. The van der Waals surface area contributed by atoms with Crippen LogP contribution in [0.5, 0.6) is 0 Å². The van der Waals surface area contributed by atoms with Crippen LogP contribution in [0.25, 0.3) is 11.5 Å². The Morgan fingerprint density at radius 3 is 2.86 bits per heavy atom. The van der Waals surface area contributed by atoms with Crippen molar-refractivity contribution in [1.82, 2.24) is 30.4 Å². The normalized spacial score (nSPS) is 16.5. The molecule has 8 nitrogen and oxygen atoms in total. The molecule has 1 atom stereocenters. The number of nitrogens with zero attached hydrogens (tertiary/aromatic N) is 5. The quantitative estimate of drug-likeness (QED) is 0.511. The van der Waals surface area contributed by atoms with Gasteiger partial charge in [0.05, 0.1) is 18.8 Å². The summed E-state index contributed by atoms with van der Waals surface area (Å²) in [6.45, 7) is 5.48. The fourth-order valence-electron chi connectivity index (χ4n) is 3.41. The third-order valence-corrected chi connectivity index (χ3v) is 5.07. The average molecular weight is 393 g/mol. The summed E-state index contributed by atoms with van der Waals surface area (Å²) in [6.07, 6.45) is 4.47. The first-order chi connectivity index (χ1) is 14.1. The van der Waals surface area contributed by atoms with Crippen LogP contribution in [0.1, 0.15) is 36.3 Å². The maximum Gasteiger partial charge on any atom is 0.226 e. The van der Waals surface area contributed by atoms with Crippen molar-refractivity contribution in [3.05, 3.63) is 53.4 Å². The molecule has 1 aliphatic heterocycles. The number of oxazole rings is 1. The maximum atomic E-state index is 5.63. The largest absolute Gasteiger partial charge is 0.444 e. The lowest BCUT2D eigenvalue weighted by molar-refractivity contribution is 0.392. The minimum atomic E-state index is 0.264. The minimum Gasteiger partial charge on any atom is -0.444 e. The SMILES string of the molecule is CCc1nc2n(n1)CC(NC(=NC)NCc1coc(-c3ccc(C)cc3)n1)CC2. The van der Waals surface area contributed by atoms with Crippen molar-refractivity contribution in [3.63, 3.8) is 0 Å². The van der Waals surface area contributed by atoms with Gasteiger partial charge < -0.3 is 15.1 Å². The van der Waals surface area contributed by atoms with E-state index in [1.54, 1.807) is 13.3 Å². The molecule has 8 heteroatoms. The highest BCUT2D eigenvalue weighted by molar-refractivity contribution is 5.79. The number of hydrogen-bond acceptors (Lipinski definition) is 5. The molecule has 3 aromatic rings. The van der Waals surface area contributed by atoms with E-state index >= 15 is 0 Å². The topological polar surface area (TPSA) is 93.2 Å². The van der Waals surface area contributed by atoms with Crippen molar-refractivity contribution in [3.8, 4) is 11.5 Å². The number of nitrogens with one attached hydrogen (secondary N) is 2. The molecule has 0 saturated heterocycles. The molecule has 0 spiro atoms. The van der Waals surface area contributed by atoms with Gasteiger partial charge in [0.15, 0.2) is 11.8 Å². The van der Waals surface area contributed by atoms with E-state index < -0.39 is 0 Å². The van der Waals surface area contributed by atoms with Gasteiger partial charge >= 0.3 is 0 Å². The molecule has 0 fully saturated rings. The second kappa shape index (κ2) is 8.46. The smallest absolute Gasteiger partial charge is 0.226 e. The number of aromatic nitrogens is 4. The van der Waals surface area contributed by atoms with Crippen molar-refractivity contribution in [2.24, 2.45) is 4.99 Å². The summed E-state index contributed by atoms with van der Waals surface area (Å²) in [6, 6.07) is 8.41. The molecular formula is C21H27N7O. The van der Waals surface area contributed by atoms with Gasteiger partial charge in [-0.3, -0.25) is 4.99 Å². The number of aryl methyl sites for hydroxylation is 3. The molecule has 3 heterocycles. The summed E-state index contributed by atoms with van der Waals surface area (Å²) in [7, 11) is 1.77. The number of guanidine groups is 1. The van der Waals surface area contributed by atoms with E-state index in [1.165, 1.54) is 5.56 Å². The van der Waals surface area contributed by atoms with Crippen LogP contribution >= 0.6 is 0 Å². The second-order valence-electron chi connectivity index (χ2n) is 7.30. The molecule has 0 saturated carbocycles. The molecule has 2 aromatic heterocycles. The van der Waals surface area contributed by atoms with Crippen molar-refractivity contribution in [2.75, 3.05) is 7.05 Å². The number of aliphatic imine (C=N–C) groups is 1. The standard InChI is InChI=1S/C21H27N7O/c1-4-18-26-19-10-9-16(12-28(19)27-18)25-21(22-3)23-11-17-13-29-20(24-17)15-7-5-14(2)6-8-15/h5-8,13,16H,4,9-12H2,1-3H3,(H2,22,23,25).